The van der Waals surface area contributed by atoms with Crippen LogP contribution in [0.3, 0.4) is 0 Å². The number of sulfonamides is 1. The van der Waals surface area contributed by atoms with Gasteiger partial charge in [-0.3, -0.25) is 4.79 Å². The Labute approximate surface area is 161 Å². The zero-order valence-electron chi connectivity index (χ0n) is 16.5. The number of anilines is 1. The molecule has 2 rings (SSSR count). The van der Waals surface area contributed by atoms with Crippen LogP contribution in [-0.2, 0) is 24.3 Å². The maximum absolute atomic E-state index is 13.1. The molecule has 1 aliphatic heterocycles. The van der Waals surface area contributed by atoms with Gasteiger partial charge in [0.25, 0.3) is 0 Å². The van der Waals surface area contributed by atoms with E-state index in [2.05, 4.69) is 0 Å². The van der Waals surface area contributed by atoms with E-state index in [0.717, 1.165) is 0 Å². The fraction of sp³-hybridized carbons (Fsp3) is 0.611. The van der Waals surface area contributed by atoms with Crippen LogP contribution in [0.15, 0.2) is 23.1 Å². The molecule has 0 aromatic heterocycles. The third-order valence-electron chi connectivity index (χ3n) is 4.25. The molecule has 1 aromatic carbocycles. The van der Waals surface area contributed by atoms with Gasteiger partial charge in [0.15, 0.2) is 0 Å². The van der Waals surface area contributed by atoms with Crippen LogP contribution in [0.25, 0.3) is 0 Å². The minimum Gasteiger partial charge on any atom is -0.484 e. The predicted molar refractivity (Wildman–Crippen MR) is 102 cm³/mol. The number of benzene rings is 1. The molecule has 0 saturated carbocycles. The standard InChI is InChI=1S/C18H28N2O6S/c1-14(21)20-13-18(2,3)26-17-7-6-15(12-16(17)20)27(22,23)19(8-10-24-4)9-11-25-5/h6-7,12H,8-11,13H2,1-5H3. The second-order valence-corrected chi connectivity index (χ2v) is 8.92. The van der Waals surface area contributed by atoms with Crippen molar-refractivity contribution in [3.8, 4) is 5.75 Å². The highest BCUT2D eigenvalue weighted by Crippen LogP contribution is 2.39. The molecule has 8 nitrogen and oxygen atoms in total. The molecular formula is C18H28N2O6S. The molecule has 0 atom stereocenters. The van der Waals surface area contributed by atoms with E-state index >= 15 is 0 Å². The first-order valence-corrected chi connectivity index (χ1v) is 10.2. The first-order valence-electron chi connectivity index (χ1n) is 8.71. The minimum absolute atomic E-state index is 0.100. The van der Waals surface area contributed by atoms with Crippen LogP contribution < -0.4 is 9.64 Å². The van der Waals surface area contributed by atoms with Crippen LogP contribution in [0.2, 0.25) is 0 Å². The Balaban J connectivity index is 2.43. The SMILES string of the molecule is COCCN(CCOC)S(=O)(=O)c1ccc2c(c1)N(C(C)=O)CC(C)(C)O2. The summed E-state index contributed by atoms with van der Waals surface area (Å²) in [6.45, 7) is 6.52. The molecule has 27 heavy (non-hydrogen) atoms. The highest BCUT2D eigenvalue weighted by atomic mass is 32.2. The topological polar surface area (TPSA) is 85.4 Å². The lowest BCUT2D eigenvalue weighted by Crippen LogP contribution is -2.48. The monoisotopic (exact) mass is 400 g/mol. The van der Waals surface area contributed by atoms with Gasteiger partial charge in [0, 0.05) is 34.2 Å². The number of amides is 1. The van der Waals surface area contributed by atoms with Crippen LogP contribution in [0.5, 0.6) is 5.75 Å². The van der Waals surface area contributed by atoms with Crippen molar-refractivity contribution in [1.82, 2.24) is 4.31 Å². The quantitative estimate of drug-likeness (QED) is 0.657. The largest absolute Gasteiger partial charge is 0.484 e. The van der Waals surface area contributed by atoms with Crippen LogP contribution in [0.1, 0.15) is 20.8 Å². The maximum Gasteiger partial charge on any atom is 0.243 e. The zero-order valence-corrected chi connectivity index (χ0v) is 17.3. The maximum atomic E-state index is 13.1. The molecule has 0 fully saturated rings. The molecule has 1 heterocycles. The number of carbonyl (C=O) groups excluding carboxylic acids is 1. The summed E-state index contributed by atoms with van der Waals surface area (Å²) in [5.41, 5.74) is -0.0940. The second-order valence-electron chi connectivity index (χ2n) is 6.99. The molecular weight excluding hydrogens is 372 g/mol. The van der Waals surface area contributed by atoms with Gasteiger partial charge in [0.05, 0.1) is 30.3 Å². The number of rotatable bonds is 8. The van der Waals surface area contributed by atoms with Crippen LogP contribution in [0, 0.1) is 0 Å². The number of ether oxygens (including phenoxy) is 3. The van der Waals surface area contributed by atoms with Gasteiger partial charge in [-0.15, -0.1) is 0 Å². The third kappa shape index (κ3) is 4.98. The Kier molecular flexibility index (Phi) is 6.85. The van der Waals surface area contributed by atoms with Gasteiger partial charge >= 0.3 is 0 Å². The molecule has 0 spiro atoms. The highest BCUT2D eigenvalue weighted by Gasteiger charge is 2.35. The summed E-state index contributed by atoms with van der Waals surface area (Å²) in [7, 11) is -0.742. The Bertz CT molecular complexity index is 770. The minimum atomic E-state index is -3.78. The van der Waals surface area contributed by atoms with Crippen molar-refractivity contribution >= 4 is 21.6 Å². The molecule has 1 aliphatic rings. The lowest BCUT2D eigenvalue weighted by Gasteiger charge is -2.39. The smallest absolute Gasteiger partial charge is 0.243 e. The summed E-state index contributed by atoms with van der Waals surface area (Å²) in [6.07, 6.45) is 0. The Morgan fingerprint density at radius 3 is 2.33 bits per heavy atom. The van der Waals surface area contributed by atoms with Gasteiger partial charge in [0.2, 0.25) is 15.9 Å². The summed E-state index contributed by atoms with van der Waals surface area (Å²) in [5, 5.41) is 0. The van der Waals surface area contributed by atoms with E-state index in [0.29, 0.717) is 18.0 Å². The molecule has 0 bridgehead atoms. The summed E-state index contributed by atoms with van der Waals surface area (Å²) >= 11 is 0. The number of methoxy groups -OCH3 is 2. The summed E-state index contributed by atoms with van der Waals surface area (Å²) in [4.78, 5) is 13.8. The average Bonchev–Trinajstić information content (AvgIpc) is 2.59. The summed E-state index contributed by atoms with van der Waals surface area (Å²) < 4.78 is 43.5. The first-order chi connectivity index (χ1) is 12.6. The molecule has 0 saturated heterocycles. The van der Waals surface area contributed by atoms with E-state index in [-0.39, 0.29) is 37.1 Å². The normalized spacial score (nSPS) is 16.1. The van der Waals surface area contributed by atoms with Gasteiger partial charge in [-0.25, -0.2) is 8.42 Å². The third-order valence-corrected chi connectivity index (χ3v) is 6.15. The van der Waals surface area contributed by atoms with Crippen molar-refractivity contribution in [2.45, 2.75) is 31.3 Å². The van der Waals surface area contributed by atoms with Crippen molar-refractivity contribution in [2.75, 3.05) is 52.0 Å². The van der Waals surface area contributed by atoms with E-state index in [1.54, 1.807) is 11.0 Å². The lowest BCUT2D eigenvalue weighted by molar-refractivity contribution is -0.117. The second kappa shape index (κ2) is 8.55. The van der Waals surface area contributed by atoms with Gasteiger partial charge in [0.1, 0.15) is 11.4 Å². The van der Waals surface area contributed by atoms with Gasteiger partial charge in [-0.2, -0.15) is 4.31 Å². The Morgan fingerprint density at radius 2 is 1.81 bits per heavy atom. The molecule has 152 valence electrons. The van der Waals surface area contributed by atoms with E-state index in [1.165, 1.54) is 37.6 Å². The number of carbonyl (C=O) groups is 1. The predicted octanol–water partition coefficient (Wildman–Crippen LogP) is 1.49. The molecule has 0 aliphatic carbocycles. The number of nitrogens with zero attached hydrogens (tertiary/aromatic N) is 2. The van der Waals surface area contributed by atoms with Crippen LogP contribution in [-0.4, -0.2) is 71.3 Å². The number of fused-ring (bicyclic) bond motifs is 1. The van der Waals surface area contributed by atoms with Gasteiger partial charge < -0.3 is 19.1 Å². The van der Waals surface area contributed by atoms with E-state index < -0.39 is 15.6 Å². The number of hydrogen-bond acceptors (Lipinski definition) is 6. The average molecular weight is 400 g/mol. The van der Waals surface area contributed by atoms with Crippen LogP contribution >= 0.6 is 0 Å². The van der Waals surface area contributed by atoms with Crippen molar-refractivity contribution in [3.63, 3.8) is 0 Å². The highest BCUT2D eigenvalue weighted by molar-refractivity contribution is 7.89. The van der Waals surface area contributed by atoms with Crippen LogP contribution in [0.4, 0.5) is 5.69 Å². The Hall–Kier alpha value is -1.68. The van der Waals surface area contributed by atoms with E-state index in [4.69, 9.17) is 14.2 Å². The number of hydrogen-bond donors (Lipinski definition) is 0. The van der Waals surface area contributed by atoms with Crippen molar-refractivity contribution < 1.29 is 27.4 Å². The van der Waals surface area contributed by atoms with Crippen molar-refractivity contribution in [1.29, 1.82) is 0 Å². The molecule has 1 aromatic rings. The zero-order chi connectivity index (χ0) is 20.2. The molecule has 0 radical (unpaired) electrons. The van der Waals surface area contributed by atoms with E-state index in [9.17, 15) is 13.2 Å². The molecule has 0 N–H and O–H groups in total. The van der Waals surface area contributed by atoms with Gasteiger partial charge in [-0.1, -0.05) is 0 Å². The van der Waals surface area contributed by atoms with Gasteiger partial charge in [-0.05, 0) is 32.0 Å². The summed E-state index contributed by atoms with van der Waals surface area (Å²) in [6, 6.07) is 4.60. The first kappa shape index (κ1) is 21.6. The molecule has 1 amide bonds. The fourth-order valence-corrected chi connectivity index (χ4v) is 4.35. The van der Waals surface area contributed by atoms with Crippen molar-refractivity contribution in [3.05, 3.63) is 18.2 Å². The lowest BCUT2D eigenvalue weighted by atomic mass is 10.1. The fourth-order valence-electron chi connectivity index (χ4n) is 2.92. The molecule has 9 heteroatoms. The summed E-state index contributed by atoms with van der Waals surface area (Å²) in [5.74, 6) is 0.318. The van der Waals surface area contributed by atoms with Crippen molar-refractivity contribution in [2.24, 2.45) is 0 Å². The Morgan fingerprint density at radius 1 is 1.22 bits per heavy atom. The van der Waals surface area contributed by atoms with E-state index in [1.807, 2.05) is 13.8 Å². The molecule has 0 unspecified atom stereocenters.